The van der Waals surface area contributed by atoms with Crippen LogP contribution in [0.4, 0.5) is 0 Å². The first-order chi connectivity index (χ1) is 46.6. The fourth-order valence-corrected chi connectivity index (χ4v) is 13.5. The van der Waals surface area contributed by atoms with Gasteiger partial charge in [-0.15, -0.1) is 0 Å². The number of aliphatic hydroxyl groups excluding tert-OH is 1. The first-order valence-corrected chi connectivity index (χ1v) is 43.2. The molecule has 0 aliphatic heterocycles. The third kappa shape index (κ3) is 70.9. The van der Waals surface area contributed by atoms with Crippen molar-refractivity contribution in [3.05, 3.63) is 0 Å². The number of aliphatic hydroxyl groups is 1. The van der Waals surface area contributed by atoms with E-state index in [9.17, 15) is 43.2 Å². The normalized spacial score (nSPS) is 14.4. The van der Waals surface area contributed by atoms with Crippen LogP contribution in [0.15, 0.2) is 0 Å². The standard InChI is InChI=1S/C78H152O17P2/c1-9-71(8)57-49-41-33-24-20-16-13-14-18-22-26-36-44-52-60-77(82)94-73(64-88-75(80)58-50-42-34-25-21-17-12-10-11-15-19-23-30-38-46-54-68(2)3)66-92-96(84,85)90-62-72(79)63-91-97(86,87)93-67-74(95-78(83)61-53-45-37-29-32-40-48-56-70(6)7)65-89-76(81)59-51-43-35-28-27-31-39-47-55-69(4)5/h68-74,79H,9-67H2,1-8H3,(H,84,85)(H,86,87)/t71?,72?,73-,74-/m1/s1. The molecule has 97 heavy (non-hydrogen) atoms. The summed E-state index contributed by atoms with van der Waals surface area (Å²) in [6.45, 7) is 14.2. The summed E-state index contributed by atoms with van der Waals surface area (Å²) < 4.78 is 68.6. The Morgan fingerprint density at radius 1 is 0.289 bits per heavy atom. The maximum Gasteiger partial charge on any atom is 0.472 e. The van der Waals surface area contributed by atoms with Crippen LogP contribution in [0.2, 0.25) is 0 Å². The summed E-state index contributed by atoms with van der Waals surface area (Å²) in [4.78, 5) is 72.8. The zero-order chi connectivity index (χ0) is 71.7. The number of carbonyl (C=O) groups excluding carboxylic acids is 4. The molecule has 0 saturated carbocycles. The van der Waals surface area contributed by atoms with Gasteiger partial charge in [-0.1, -0.05) is 344 Å². The first-order valence-electron chi connectivity index (χ1n) is 40.2. The highest BCUT2D eigenvalue weighted by atomic mass is 31.2. The number of phosphoric acid groups is 2. The predicted molar refractivity (Wildman–Crippen MR) is 395 cm³/mol. The van der Waals surface area contributed by atoms with Crippen molar-refractivity contribution in [1.82, 2.24) is 0 Å². The topological polar surface area (TPSA) is 237 Å². The molecule has 0 aromatic rings. The van der Waals surface area contributed by atoms with Gasteiger partial charge in [0.1, 0.15) is 19.3 Å². The lowest BCUT2D eigenvalue weighted by molar-refractivity contribution is -0.161. The molecule has 576 valence electrons. The largest absolute Gasteiger partial charge is 0.472 e. The summed E-state index contributed by atoms with van der Waals surface area (Å²) >= 11 is 0. The zero-order valence-corrected chi connectivity index (χ0v) is 65.5. The summed E-state index contributed by atoms with van der Waals surface area (Å²) in [7, 11) is -9.92. The van der Waals surface area contributed by atoms with Crippen molar-refractivity contribution in [2.45, 2.75) is 414 Å². The number of unbranched alkanes of at least 4 members (excludes halogenated alkanes) is 40. The Hall–Kier alpha value is -1.94. The molecule has 0 rings (SSSR count). The van der Waals surface area contributed by atoms with Crippen LogP contribution >= 0.6 is 15.6 Å². The van der Waals surface area contributed by atoms with Gasteiger partial charge in [-0.3, -0.25) is 37.3 Å². The van der Waals surface area contributed by atoms with Crippen LogP contribution in [0.3, 0.4) is 0 Å². The van der Waals surface area contributed by atoms with Crippen LogP contribution in [0.25, 0.3) is 0 Å². The van der Waals surface area contributed by atoms with E-state index in [1.165, 1.54) is 199 Å². The Kier molecular flexibility index (Phi) is 65.9. The molecule has 0 aliphatic carbocycles. The third-order valence-corrected chi connectivity index (χ3v) is 20.3. The quantitative estimate of drug-likeness (QED) is 0.0222. The number of ether oxygens (including phenoxy) is 4. The van der Waals surface area contributed by atoms with Gasteiger partial charge >= 0.3 is 39.5 Å². The Morgan fingerprint density at radius 2 is 0.495 bits per heavy atom. The minimum Gasteiger partial charge on any atom is -0.462 e. The Bertz CT molecular complexity index is 1900. The molecule has 0 saturated heterocycles. The molecule has 19 heteroatoms. The van der Waals surface area contributed by atoms with Gasteiger partial charge in [0.2, 0.25) is 0 Å². The monoisotopic (exact) mass is 1420 g/mol. The lowest BCUT2D eigenvalue weighted by Crippen LogP contribution is -2.30. The number of hydrogen-bond acceptors (Lipinski definition) is 15. The lowest BCUT2D eigenvalue weighted by Gasteiger charge is -2.21. The van der Waals surface area contributed by atoms with Gasteiger partial charge < -0.3 is 33.8 Å². The van der Waals surface area contributed by atoms with Gasteiger partial charge in [-0.2, -0.15) is 0 Å². The SMILES string of the molecule is CCC(C)CCCCCCCCCCCCCCCCC(=O)O[C@H](COC(=O)CCCCCCCCCCCCCCCCCC(C)C)COP(=O)(O)OCC(O)COP(=O)(O)OC[C@@H](COC(=O)CCCCCCCCCCC(C)C)OC(=O)CCCCCCCCCC(C)C. The zero-order valence-electron chi connectivity index (χ0n) is 63.7. The fraction of sp³-hybridized carbons (Fsp3) is 0.949. The molecule has 17 nitrogen and oxygen atoms in total. The van der Waals surface area contributed by atoms with E-state index in [0.29, 0.717) is 31.6 Å². The lowest BCUT2D eigenvalue weighted by atomic mass is 9.99. The maximum atomic E-state index is 13.1. The number of rotatable bonds is 75. The van der Waals surface area contributed by atoms with Gasteiger partial charge in [0, 0.05) is 25.7 Å². The summed E-state index contributed by atoms with van der Waals surface area (Å²) in [5.74, 6) is 0.953. The third-order valence-electron chi connectivity index (χ3n) is 18.4. The molecule has 0 heterocycles. The van der Waals surface area contributed by atoms with Crippen molar-refractivity contribution in [3.63, 3.8) is 0 Å². The van der Waals surface area contributed by atoms with Gasteiger partial charge in [0.05, 0.1) is 26.4 Å². The molecule has 0 bridgehead atoms. The molecule has 0 radical (unpaired) electrons. The molecule has 0 fully saturated rings. The Labute approximate surface area is 594 Å². The second-order valence-electron chi connectivity index (χ2n) is 29.8. The molecular formula is C78H152O17P2. The van der Waals surface area contributed by atoms with Crippen LogP contribution in [0.5, 0.6) is 0 Å². The molecule has 4 unspecified atom stereocenters. The summed E-state index contributed by atoms with van der Waals surface area (Å²) in [6.07, 6.45) is 52.8. The molecule has 0 amide bonds. The number of hydrogen-bond donors (Lipinski definition) is 3. The van der Waals surface area contributed by atoms with Crippen molar-refractivity contribution in [3.8, 4) is 0 Å². The molecule has 0 aromatic carbocycles. The molecule has 6 atom stereocenters. The highest BCUT2D eigenvalue weighted by molar-refractivity contribution is 7.47. The minimum absolute atomic E-state index is 0.103. The highest BCUT2D eigenvalue weighted by Gasteiger charge is 2.30. The second-order valence-corrected chi connectivity index (χ2v) is 32.7. The highest BCUT2D eigenvalue weighted by Crippen LogP contribution is 2.45. The second kappa shape index (κ2) is 67.2. The molecule has 0 spiro atoms. The summed E-state index contributed by atoms with van der Waals surface area (Å²) in [5.41, 5.74) is 0. The minimum atomic E-state index is -4.96. The van der Waals surface area contributed by atoms with Crippen LogP contribution in [0, 0.1) is 23.7 Å². The number of phosphoric ester groups is 2. The van der Waals surface area contributed by atoms with Crippen molar-refractivity contribution in [2.24, 2.45) is 23.7 Å². The van der Waals surface area contributed by atoms with Crippen LogP contribution in [-0.4, -0.2) is 96.7 Å². The van der Waals surface area contributed by atoms with E-state index >= 15 is 0 Å². The van der Waals surface area contributed by atoms with Gasteiger partial charge in [-0.05, 0) is 49.4 Å². The van der Waals surface area contributed by atoms with Crippen LogP contribution in [0.1, 0.15) is 396 Å². The predicted octanol–water partition coefficient (Wildman–Crippen LogP) is 22.8. The van der Waals surface area contributed by atoms with Gasteiger partial charge in [-0.25, -0.2) is 9.13 Å². The average Bonchev–Trinajstić information content (AvgIpc) is 1.07. The smallest absolute Gasteiger partial charge is 0.462 e. The van der Waals surface area contributed by atoms with Crippen molar-refractivity contribution in [1.29, 1.82) is 0 Å². The summed E-state index contributed by atoms with van der Waals surface area (Å²) in [6, 6.07) is 0. The maximum absolute atomic E-state index is 13.1. The van der Waals surface area contributed by atoms with Gasteiger partial charge in [0.15, 0.2) is 12.2 Å². The molecule has 0 aliphatic rings. The molecule has 3 N–H and O–H groups in total. The van der Waals surface area contributed by atoms with Crippen LogP contribution < -0.4 is 0 Å². The average molecular weight is 1420 g/mol. The van der Waals surface area contributed by atoms with E-state index in [4.69, 9.17) is 37.0 Å². The van der Waals surface area contributed by atoms with E-state index in [0.717, 1.165) is 108 Å². The van der Waals surface area contributed by atoms with E-state index in [2.05, 4.69) is 55.4 Å². The van der Waals surface area contributed by atoms with Crippen molar-refractivity contribution >= 4 is 39.5 Å². The Balaban J connectivity index is 5.23. The first kappa shape index (κ1) is 95.1. The van der Waals surface area contributed by atoms with Crippen LogP contribution in [-0.2, 0) is 65.4 Å². The van der Waals surface area contributed by atoms with Gasteiger partial charge in [0.25, 0.3) is 0 Å². The fourth-order valence-electron chi connectivity index (χ4n) is 11.9. The number of carbonyl (C=O) groups is 4. The van der Waals surface area contributed by atoms with Crippen molar-refractivity contribution < 1.29 is 80.2 Å². The van der Waals surface area contributed by atoms with E-state index in [1.807, 2.05) is 0 Å². The Morgan fingerprint density at radius 3 is 0.732 bits per heavy atom. The molecular weight excluding hydrogens is 1270 g/mol. The summed E-state index contributed by atoms with van der Waals surface area (Å²) in [5, 5.41) is 10.6. The van der Waals surface area contributed by atoms with Crippen molar-refractivity contribution in [2.75, 3.05) is 39.6 Å². The molecule has 0 aromatic heterocycles. The number of esters is 4. The van der Waals surface area contributed by atoms with E-state index in [1.54, 1.807) is 0 Å². The van der Waals surface area contributed by atoms with E-state index < -0.39 is 97.5 Å². The van der Waals surface area contributed by atoms with E-state index in [-0.39, 0.29) is 25.7 Å².